The van der Waals surface area contributed by atoms with Gasteiger partial charge in [-0.25, -0.2) is 9.80 Å². The van der Waals surface area contributed by atoms with E-state index >= 15 is 0 Å². The quantitative estimate of drug-likeness (QED) is 0.453. The van der Waals surface area contributed by atoms with Crippen LogP contribution in [0.2, 0.25) is 0 Å². The van der Waals surface area contributed by atoms with E-state index in [-0.39, 0.29) is 11.0 Å². The van der Waals surface area contributed by atoms with Crippen molar-refractivity contribution in [3.63, 3.8) is 0 Å². The number of hydrogen-bond acceptors (Lipinski definition) is 7. The average Bonchev–Trinajstić information content (AvgIpc) is 2.95. The highest BCUT2D eigenvalue weighted by Gasteiger charge is 2.43. The predicted octanol–water partition coefficient (Wildman–Crippen LogP) is 2.31. The van der Waals surface area contributed by atoms with Crippen LogP contribution in [0.3, 0.4) is 0 Å². The van der Waals surface area contributed by atoms with E-state index in [2.05, 4.69) is 30.8 Å². The lowest BCUT2D eigenvalue weighted by Crippen LogP contribution is -2.45. The van der Waals surface area contributed by atoms with Gasteiger partial charge >= 0.3 is 5.97 Å². The summed E-state index contributed by atoms with van der Waals surface area (Å²) in [6.07, 6.45) is 3.26. The van der Waals surface area contributed by atoms with Crippen LogP contribution in [0.4, 0.5) is 0 Å². The van der Waals surface area contributed by atoms with Gasteiger partial charge in [0.25, 0.3) is 0 Å². The number of methoxy groups -OCH3 is 2. The van der Waals surface area contributed by atoms with Crippen LogP contribution < -0.4 is 0 Å². The van der Waals surface area contributed by atoms with Crippen LogP contribution in [-0.4, -0.2) is 47.5 Å². The van der Waals surface area contributed by atoms with Gasteiger partial charge < -0.3 is 14.4 Å². The Kier molecular flexibility index (Phi) is 4.22. The second kappa shape index (κ2) is 5.63. The van der Waals surface area contributed by atoms with Crippen LogP contribution in [0.1, 0.15) is 27.7 Å². The fourth-order valence-electron chi connectivity index (χ4n) is 2.18. The molecule has 0 aromatic carbocycles. The Hall–Kier alpha value is -1.63. The molecule has 2 aliphatic rings. The van der Waals surface area contributed by atoms with Gasteiger partial charge in [0, 0.05) is 10.4 Å². The van der Waals surface area contributed by atoms with Gasteiger partial charge in [-0.15, -0.1) is 0 Å². The molecule has 0 saturated carbocycles. The van der Waals surface area contributed by atoms with Crippen molar-refractivity contribution in [3.8, 4) is 0 Å². The van der Waals surface area contributed by atoms with Crippen molar-refractivity contribution in [3.05, 3.63) is 22.4 Å². The summed E-state index contributed by atoms with van der Waals surface area (Å²) in [5.41, 5.74) is 1.30. The number of esters is 1. The molecule has 0 aliphatic carbocycles. The van der Waals surface area contributed by atoms with Gasteiger partial charge in [0.1, 0.15) is 11.9 Å². The summed E-state index contributed by atoms with van der Waals surface area (Å²) >= 11 is 1.57. The number of allylic oxidation sites excluding steroid dienone is 1. The molecule has 0 aromatic rings. The van der Waals surface area contributed by atoms with Crippen LogP contribution in [0, 0.1) is 0 Å². The van der Waals surface area contributed by atoms with E-state index in [9.17, 15) is 4.79 Å². The third-order valence-corrected chi connectivity index (χ3v) is 4.69. The average molecular weight is 311 g/mol. The Balaban J connectivity index is 2.32. The molecule has 0 amide bonds. The number of thioether (sulfide) groups is 1. The first-order valence-corrected chi connectivity index (χ1v) is 7.50. The van der Waals surface area contributed by atoms with Crippen LogP contribution in [-0.2, 0) is 14.3 Å². The van der Waals surface area contributed by atoms with Crippen molar-refractivity contribution in [1.82, 2.24) is 9.91 Å². The normalized spacial score (nSPS) is 22.0. The first-order chi connectivity index (χ1) is 9.81. The molecule has 0 radical (unpaired) electrons. The Morgan fingerprint density at radius 1 is 1.43 bits per heavy atom. The molecule has 0 spiro atoms. The third kappa shape index (κ3) is 2.74. The second-order valence-corrected chi connectivity index (χ2v) is 6.84. The Morgan fingerprint density at radius 3 is 2.62 bits per heavy atom. The monoisotopic (exact) mass is 311 g/mol. The zero-order valence-corrected chi connectivity index (χ0v) is 14.0. The molecule has 7 heteroatoms. The summed E-state index contributed by atoms with van der Waals surface area (Å²) in [5, 5.41) is 6.35. The molecule has 6 nitrogen and oxygen atoms in total. The number of hydrazone groups is 1. The molecule has 2 heterocycles. The number of nitrogens with zero attached hydrogens (tertiary/aromatic N) is 3. The van der Waals surface area contributed by atoms with Crippen molar-refractivity contribution in [2.75, 3.05) is 14.2 Å². The maximum atomic E-state index is 11.9. The number of rotatable bonds is 3. The van der Waals surface area contributed by atoms with E-state index in [1.807, 2.05) is 18.3 Å². The molecular formula is C14H21N3O3S. The van der Waals surface area contributed by atoms with Crippen molar-refractivity contribution < 1.29 is 14.3 Å². The number of carbonyl (C=O) groups excluding carboxylic acids is 1. The van der Waals surface area contributed by atoms with Gasteiger partial charge in [0.2, 0.25) is 0 Å². The molecule has 2 rings (SSSR count). The summed E-state index contributed by atoms with van der Waals surface area (Å²) in [7, 11) is 2.88. The lowest BCUT2D eigenvalue weighted by Gasteiger charge is -2.35. The largest absolute Gasteiger partial charge is 0.503 e. The zero-order valence-electron chi connectivity index (χ0n) is 13.2. The third-order valence-electron chi connectivity index (χ3n) is 3.30. The van der Waals surface area contributed by atoms with Gasteiger partial charge in [-0.2, -0.15) is 5.10 Å². The van der Waals surface area contributed by atoms with Crippen molar-refractivity contribution in [2.45, 2.75) is 38.7 Å². The van der Waals surface area contributed by atoms with E-state index in [0.717, 1.165) is 10.6 Å². The topological polar surface area (TPSA) is 54.4 Å². The lowest BCUT2D eigenvalue weighted by atomic mass is 10.1. The molecule has 0 N–H and O–H groups in total. The molecule has 1 unspecified atom stereocenters. The smallest absolute Gasteiger partial charge is 0.342 e. The van der Waals surface area contributed by atoms with Crippen molar-refractivity contribution >= 4 is 24.1 Å². The maximum absolute atomic E-state index is 11.9. The summed E-state index contributed by atoms with van der Waals surface area (Å²) in [6, 6.07) is 0. The molecule has 1 atom stereocenters. The van der Waals surface area contributed by atoms with Gasteiger partial charge in [0.15, 0.2) is 5.50 Å². The minimum absolute atomic E-state index is 0.0184. The van der Waals surface area contributed by atoms with Gasteiger partial charge in [-0.1, -0.05) is 11.8 Å². The van der Waals surface area contributed by atoms with Crippen molar-refractivity contribution in [1.29, 1.82) is 0 Å². The predicted molar refractivity (Wildman–Crippen MR) is 83.1 cm³/mol. The Bertz CT molecular complexity index is 534. The fraction of sp³-hybridized carbons (Fsp3) is 0.571. The summed E-state index contributed by atoms with van der Waals surface area (Å²) in [5.74, 6) is -0.411. The van der Waals surface area contributed by atoms with Crippen LogP contribution in [0.15, 0.2) is 27.5 Å². The van der Waals surface area contributed by atoms with Gasteiger partial charge in [0.05, 0.1) is 26.2 Å². The zero-order chi connectivity index (χ0) is 15.8. The molecular weight excluding hydrogens is 290 g/mol. The van der Waals surface area contributed by atoms with Crippen LogP contribution >= 0.6 is 11.8 Å². The highest BCUT2D eigenvalue weighted by Crippen LogP contribution is 2.46. The number of carbonyl (C=O) groups is 1. The highest BCUT2D eigenvalue weighted by atomic mass is 32.2. The molecule has 116 valence electrons. The first kappa shape index (κ1) is 15.8. The molecule has 21 heavy (non-hydrogen) atoms. The Labute approximate surface area is 129 Å². The van der Waals surface area contributed by atoms with Crippen molar-refractivity contribution in [2.24, 2.45) is 5.10 Å². The van der Waals surface area contributed by atoms with E-state index in [1.165, 1.54) is 20.5 Å². The Morgan fingerprint density at radius 2 is 2.10 bits per heavy atom. The highest BCUT2D eigenvalue weighted by molar-refractivity contribution is 8.04. The number of ether oxygens (including phenoxy) is 2. The van der Waals surface area contributed by atoms with E-state index in [4.69, 9.17) is 9.47 Å². The van der Waals surface area contributed by atoms with E-state index < -0.39 is 5.97 Å². The van der Waals surface area contributed by atoms with Crippen LogP contribution in [0.25, 0.3) is 0 Å². The van der Waals surface area contributed by atoms with Gasteiger partial charge in [-0.3, -0.25) is 0 Å². The number of hydrogen-bond donors (Lipinski definition) is 0. The number of fused-ring (bicyclic) bond motifs is 1. The van der Waals surface area contributed by atoms with E-state index in [1.54, 1.807) is 11.8 Å². The first-order valence-electron chi connectivity index (χ1n) is 6.62. The fourth-order valence-corrected chi connectivity index (χ4v) is 3.71. The second-order valence-electron chi connectivity index (χ2n) is 5.77. The van der Waals surface area contributed by atoms with Crippen LogP contribution in [0.5, 0.6) is 0 Å². The SMILES string of the molecule is CO/C=C(\C(=O)OC)C1=C(C)N2N=CN(C(C)(C)C)C2S1. The molecule has 2 aliphatic heterocycles. The molecule has 0 saturated heterocycles. The lowest BCUT2D eigenvalue weighted by molar-refractivity contribution is -0.135. The maximum Gasteiger partial charge on any atom is 0.342 e. The minimum atomic E-state index is -0.411. The summed E-state index contributed by atoms with van der Waals surface area (Å²) in [4.78, 5) is 14.9. The standard InChI is InChI=1S/C14H21N3O3S/c1-9-11(10(7-19-5)12(18)20-6)21-13-16(14(2,3)4)8-15-17(9)13/h7-8,13H,1-6H3/b10-7-. The minimum Gasteiger partial charge on any atom is -0.503 e. The van der Waals surface area contributed by atoms with Gasteiger partial charge in [-0.05, 0) is 27.7 Å². The molecule has 0 aromatic heterocycles. The summed E-state index contributed by atoms with van der Waals surface area (Å²) < 4.78 is 9.86. The molecule has 0 bridgehead atoms. The molecule has 0 fully saturated rings. The van der Waals surface area contributed by atoms with E-state index in [0.29, 0.717) is 5.57 Å². The summed E-state index contributed by atoms with van der Waals surface area (Å²) in [6.45, 7) is 8.33.